The molecule has 1 atom stereocenters. The van der Waals surface area contributed by atoms with Crippen LogP contribution in [-0.2, 0) is 0 Å². The number of carbonyl (C=O) groups is 1. The third-order valence-electron chi connectivity index (χ3n) is 5.42. The number of ether oxygens (including phenoxy) is 2. The molecule has 0 radical (unpaired) electrons. The number of amides is 1. The minimum Gasteiger partial charge on any atom is -0.497 e. The zero-order chi connectivity index (χ0) is 22.3. The van der Waals surface area contributed by atoms with E-state index in [0.29, 0.717) is 17.9 Å². The molecule has 0 aliphatic carbocycles. The van der Waals surface area contributed by atoms with Gasteiger partial charge in [-0.3, -0.25) is 9.78 Å². The molecule has 1 aromatic heterocycles. The van der Waals surface area contributed by atoms with Gasteiger partial charge in [0.25, 0.3) is 5.91 Å². The van der Waals surface area contributed by atoms with E-state index in [9.17, 15) is 4.79 Å². The highest BCUT2D eigenvalue weighted by Crippen LogP contribution is 2.22. The number of piperidine rings is 1. The number of anilines is 3. The number of nitrogens with zero attached hydrogens (tertiary/aromatic N) is 3. The lowest BCUT2D eigenvalue weighted by molar-refractivity contribution is 0.0933. The molecule has 0 saturated carbocycles. The first-order chi connectivity index (χ1) is 15.6. The molecule has 1 aliphatic rings. The summed E-state index contributed by atoms with van der Waals surface area (Å²) in [5.41, 5.74) is 1.52. The number of benzene rings is 2. The van der Waals surface area contributed by atoms with Crippen LogP contribution in [-0.4, -0.2) is 49.2 Å². The highest BCUT2D eigenvalue weighted by molar-refractivity contribution is 5.94. The highest BCUT2D eigenvalue weighted by Gasteiger charge is 2.23. The van der Waals surface area contributed by atoms with Gasteiger partial charge in [0.1, 0.15) is 17.3 Å². The molecule has 166 valence electrons. The minimum atomic E-state index is -0.0829. The summed E-state index contributed by atoms with van der Waals surface area (Å²) in [6.45, 7) is 1.55. The molecular weight excluding hydrogens is 406 g/mol. The molecule has 2 N–H and O–H groups in total. The van der Waals surface area contributed by atoms with E-state index in [1.54, 1.807) is 50.9 Å². The summed E-state index contributed by atoms with van der Waals surface area (Å²) in [7, 11) is 3.25. The monoisotopic (exact) mass is 433 g/mol. The van der Waals surface area contributed by atoms with Crippen LogP contribution in [0.5, 0.6) is 11.5 Å². The summed E-state index contributed by atoms with van der Waals surface area (Å²) in [6, 6.07) is 14.8. The highest BCUT2D eigenvalue weighted by atomic mass is 16.5. The largest absolute Gasteiger partial charge is 0.497 e. The van der Waals surface area contributed by atoms with E-state index in [1.165, 1.54) is 0 Å². The molecule has 4 rings (SSSR count). The molecular formula is C24H27N5O3. The maximum atomic E-state index is 12.6. The van der Waals surface area contributed by atoms with Gasteiger partial charge in [0.15, 0.2) is 5.82 Å². The normalized spacial score (nSPS) is 15.7. The molecule has 1 aliphatic heterocycles. The van der Waals surface area contributed by atoms with Crippen LogP contribution in [0.1, 0.15) is 23.2 Å². The molecule has 0 bridgehead atoms. The van der Waals surface area contributed by atoms with Crippen LogP contribution >= 0.6 is 0 Å². The maximum Gasteiger partial charge on any atom is 0.251 e. The van der Waals surface area contributed by atoms with E-state index in [2.05, 4.69) is 20.5 Å². The number of methoxy groups -OCH3 is 2. The van der Waals surface area contributed by atoms with E-state index in [-0.39, 0.29) is 11.9 Å². The Balaban J connectivity index is 1.39. The van der Waals surface area contributed by atoms with E-state index in [0.717, 1.165) is 42.4 Å². The Labute approximate surface area is 187 Å². The van der Waals surface area contributed by atoms with Crippen molar-refractivity contribution in [1.82, 2.24) is 15.3 Å². The fourth-order valence-electron chi connectivity index (χ4n) is 3.70. The molecule has 8 nitrogen and oxygen atoms in total. The molecule has 1 amide bonds. The van der Waals surface area contributed by atoms with Crippen LogP contribution in [0.15, 0.2) is 60.9 Å². The number of aromatic nitrogens is 2. The number of carbonyl (C=O) groups excluding carboxylic acids is 1. The molecule has 1 fully saturated rings. The fraction of sp³-hybridized carbons (Fsp3) is 0.292. The van der Waals surface area contributed by atoms with E-state index >= 15 is 0 Å². The van der Waals surface area contributed by atoms with Gasteiger partial charge in [-0.2, -0.15) is 0 Å². The zero-order valence-corrected chi connectivity index (χ0v) is 18.2. The van der Waals surface area contributed by atoms with Crippen LogP contribution in [0.25, 0.3) is 0 Å². The van der Waals surface area contributed by atoms with Crippen LogP contribution < -0.4 is 25.0 Å². The summed E-state index contributed by atoms with van der Waals surface area (Å²) in [4.78, 5) is 23.9. The van der Waals surface area contributed by atoms with E-state index < -0.39 is 0 Å². The van der Waals surface area contributed by atoms with Crippen LogP contribution in [0.3, 0.4) is 0 Å². The quantitative estimate of drug-likeness (QED) is 0.588. The standard InChI is InChI=1S/C24H27N5O3/c1-31-20-9-5-17(6-10-20)24(30)27-19-4-3-13-29(16-19)23-15-25-14-22(28-23)26-18-7-11-21(32-2)12-8-18/h5-12,14-15,19H,3-4,13,16H2,1-2H3,(H,26,28)(H,27,30). The Kier molecular flexibility index (Phi) is 6.69. The molecule has 2 heterocycles. The van der Waals surface area contributed by atoms with Crippen LogP contribution in [0, 0.1) is 0 Å². The first kappa shape index (κ1) is 21.4. The average Bonchev–Trinajstić information content (AvgIpc) is 2.85. The number of hydrogen-bond donors (Lipinski definition) is 2. The van der Waals surface area contributed by atoms with Crippen molar-refractivity contribution in [1.29, 1.82) is 0 Å². The Morgan fingerprint density at radius 1 is 1.00 bits per heavy atom. The molecule has 1 unspecified atom stereocenters. The first-order valence-corrected chi connectivity index (χ1v) is 10.6. The van der Waals surface area contributed by atoms with Gasteiger partial charge in [-0.05, 0) is 61.4 Å². The predicted octanol–water partition coefficient (Wildman–Crippen LogP) is 3.64. The average molecular weight is 434 g/mol. The van der Waals surface area contributed by atoms with E-state index in [1.807, 2.05) is 24.3 Å². The smallest absolute Gasteiger partial charge is 0.251 e. The molecule has 32 heavy (non-hydrogen) atoms. The van der Waals surface area contributed by atoms with Gasteiger partial charge in [0.05, 0.1) is 26.6 Å². The SMILES string of the molecule is COc1ccc(Nc2cncc(N3CCCC(NC(=O)c4ccc(OC)cc4)C3)n2)cc1. The van der Waals surface area contributed by atoms with Crippen molar-refractivity contribution >= 4 is 23.2 Å². The molecule has 8 heteroatoms. The maximum absolute atomic E-state index is 12.6. The van der Waals surface area contributed by atoms with Crippen molar-refractivity contribution < 1.29 is 14.3 Å². The van der Waals surface area contributed by atoms with Gasteiger partial charge in [-0.25, -0.2) is 4.98 Å². The third kappa shape index (κ3) is 5.26. The predicted molar refractivity (Wildman–Crippen MR) is 124 cm³/mol. The van der Waals surface area contributed by atoms with Gasteiger partial charge < -0.3 is 25.0 Å². The summed E-state index contributed by atoms with van der Waals surface area (Å²) < 4.78 is 10.4. The second-order valence-corrected chi connectivity index (χ2v) is 7.60. The number of nitrogens with one attached hydrogen (secondary N) is 2. The number of rotatable bonds is 7. The topological polar surface area (TPSA) is 88.6 Å². The molecule has 1 saturated heterocycles. The van der Waals surface area contributed by atoms with E-state index in [4.69, 9.17) is 14.5 Å². The fourth-order valence-corrected chi connectivity index (χ4v) is 3.70. The van der Waals surface area contributed by atoms with Crippen molar-refractivity contribution in [3.8, 4) is 11.5 Å². The Morgan fingerprint density at radius 2 is 1.69 bits per heavy atom. The first-order valence-electron chi connectivity index (χ1n) is 10.6. The Bertz CT molecular complexity index is 1040. The lowest BCUT2D eigenvalue weighted by Gasteiger charge is -2.34. The van der Waals surface area contributed by atoms with Crippen molar-refractivity contribution in [2.24, 2.45) is 0 Å². The van der Waals surface area contributed by atoms with Gasteiger partial charge in [-0.1, -0.05) is 0 Å². The van der Waals surface area contributed by atoms with Crippen LogP contribution in [0.4, 0.5) is 17.3 Å². The van der Waals surface area contributed by atoms with Gasteiger partial charge >= 0.3 is 0 Å². The molecule has 2 aromatic carbocycles. The zero-order valence-electron chi connectivity index (χ0n) is 18.2. The minimum absolute atomic E-state index is 0.0401. The van der Waals surface area contributed by atoms with Crippen molar-refractivity contribution in [3.63, 3.8) is 0 Å². The number of hydrogen-bond acceptors (Lipinski definition) is 7. The van der Waals surface area contributed by atoms with Gasteiger partial charge in [0, 0.05) is 30.4 Å². The molecule has 3 aromatic rings. The Morgan fingerprint density at radius 3 is 2.38 bits per heavy atom. The third-order valence-corrected chi connectivity index (χ3v) is 5.42. The van der Waals surface area contributed by atoms with Crippen molar-refractivity contribution in [2.45, 2.75) is 18.9 Å². The lowest BCUT2D eigenvalue weighted by atomic mass is 10.0. The summed E-state index contributed by atoms with van der Waals surface area (Å²) in [6.07, 6.45) is 5.34. The van der Waals surface area contributed by atoms with Crippen molar-refractivity contribution in [2.75, 3.05) is 37.5 Å². The second-order valence-electron chi connectivity index (χ2n) is 7.60. The summed E-state index contributed by atoms with van der Waals surface area (Å²) >= 11 is 0. The van der Waals surface area contributed by atoms with Gasteiger partial charge in [-0.15, -0.1) is 0 Å². The lowest BCUT2D eigenvalue weighted by Crippen LogP contribution is -2.48. The summed E-state index contributed by atoms with van der Waals surface area (Å²) in [5.74, 6) is 2.89. The Hall–Kier alpha value is -3.81. The second kappa shape index (κ2) is 10.00. The molecule has 0 spiro atoms. The van der Waals surface area contributed by atoms with Crippen LogP contribution in [0.2, 0.25) is 0 Å². The van der Waals surface area contributed by atoms with Crippen molar-refractivity contribution in [3.05, 3.63) is 66.5 Å². The summed E-state index contributed by atoms with van der Waals surface area (Å²) in [5, 5.41) is 6.41. The van der Waals surface area contributed by atoms with Gasteiger partial charge in [0.2, 0.25) is 0 Å².